The maximum absolute atomic E-state index is 6.64. The molecule has 9 rings (SSSR count). The molecule has 0 amide bonds. The van der Waals surface area contributed by atoms with Crippen molar-refractivity contribution in [2.24, 2.45) is 0 Å². The quantitative estimate of drug-likeness (QED) is 0.156. The summed E-state index contributed by atoms with van der Waals surface area (Å²) in [6, 6.07) is 52.2. The Morgan fingerprint density at radius 1 is 0.638 bits per heavy atom. The number of para-hydroxylation sites is 2. The number of benzene rings is 6. The largest absolute Gasteiger partial charge is 0.509 e. The van der Waals surface area contributed by atoms with Gasteiger partial charge in [0.15, 0.2) is 0 Å². The standard InChI is InChI=1S/C52H47N4O.Pt/c1-34-15-11-16-35(2)49(34)36-17-12-18-38(29-36)54-33-55(45-23-10-9-22-44(45)54)39-19-13-20-40(31-39)57-41-25-26-42-47(32-41)56(48-30-37(27-28-53-48)51(3,4)5)46-24-14-21-43(50(42)46)52(6,7)8;/h9-30,33H,1-8H3;/q-3;. The molecule has 294 valence electrons. The van der Waals surface area contributed by atoms with Crippen LogP contribution in [0.15, 0.2) is 134 Å². The van der Waals surface area contributed by atoms with Gasteiger partial charge in [-0.3, -0.25) is 0 Å². The van der Waals surface area contributed by atoms with E-state index in [1.54, 1.807) is 0 Å². The smallest absolute Gasteiger partial charge is 0.135 e. The Hall–Kier alpha value is -5.64. The van der Waals surface area contributed by atoms with Crippen LogP contribution in [0.25, 0.3) is 38.8 Å². The minimum Gasteiger partial charge on any atom is -0.509 e. The molecule has 1 aliphatic rings. The zero-order valence-corrected chi connectivity index (χ0v) is 36.6. The van der Waals surface area contributed by atoms with E-state index < -0.39 is 0 Å². The first kappa shape index (κ1) is 39.2. The molecule has 3 heterocycles. The van der Waals surface area contributed by atoms with Gasteiger partial charge in [0.25, 0.3) is 0 Å². The second kappa shape index (κ2) is 14.9. The second-order valence-electron chi connectivity index (χ2n) is 17.2. The molecule has 0 radical (unpaired) electrons. The molecular formula is C52H47N4OPt-3. The van der Waals surface area contributed by atoms with Gasteiger partial charge < -0.3 is 19.1 Å². The van der Waals surface area contributed by atoms with Gasteiger partial charge in [-0.05, 0) is 106 Å². The predicted molar refractivity (Wildman–Crippen MR) is 237 cm³/mol. The van der Waals surface area contributed by atoms with Crippen molar-refractivity contribution < 1.29 is 25.8 Å². The fraction of sp³-hybridized carbons (Fsp3) is 0.192. The van der Waals surface area contributed by atoms with E-state index in [1.165, 1.54) is 38.8 Å². The fourth-order valence-corrected chi connectivity index (χ4v) is 8.25. The third-order valence-corrected chi connectivity index (χ3v) is 11.1. The van der Waals surface area contributed by atoms with Gasteiger partial charge in [0.2, 0.25) is 0 Å². The molecule has 0 atom stereocenters. The van der Waals surface area contributed by atoms with E-state index in [0.717, 1.165) is 45.0 Å². The van der Waals surface area contributed by atoms with Crippen LogP contribution >= 0.6 is 0 Å². The molecule has 6 heteroatoms. The van der Waals surface area contributed by atoms with Gasteiger partial charge in [-0.25, -0.2) is 4.98 Å². The van der Waals surface area contributed by atoms with Gasteiger partial charge in [-0.15, -0.1) is 48.1 Å². The van der Waals surface area contributed by atoms with Crippen molar-refractivity contribution in [3.63, 3.8) is 0 Å². The molecule has 0 fully saturated rings. The summed E-state index contributed by atoms with van der Waals surface area (Å²) in [5.41, 5.74) is 13.6. The summed E-state index contributed by atoms with van der Waals surface area (Å²) in [6.45, 7) is 20.0. The summed E-state index contributed by atoms with van der Waals surface area (Å²) in [4.78, 5) is 9.35. The van der Waals surface area contributed by atoms with E-state index in [0.29, 0.717) is 11.5 Å². The van der Waals surface area contributed by atoms with Crippen LogP contribution in [0.3, 0.4) is 0 Å². The van der Waals surface area contributed by atoms with E-state index in [4.69, 9.17) is 9.72 Å². The van der Waals surface area contributed by atoms with Crippen molar-refractivity contribution >= 4 is 44.6 Å². The number of anilines is 4. The third-order valence-electron chi connectivity index (χ3n) is 11.1. The van der Waals surface area contributed by atoms with Crippen molar-refractivity contribution in [3.8, 4) is 28.4 Å². The molecule has 0 unspecified atom stereocenters. The van der Waals surface area contributed by atoms with Crippen LogP contribution < -0.4 is 14.5 Å². The molecule has 5 nitrogen and oxygen atoms in total. The summed E-state index contributed by atoms with van der Waals surface area (Å²) < 4.78 is 8.87. The Kier molecular flexibility index (Phi) is 10.1. The number of hydrogen-bond acceptors (Lipinski definition) is 4. The van der Waals surface area contributed by atoms with Crippen molar-refractivity contribution in [2.45, 2.75) is 66.2 Å². The average molecular weight is 939 g/mol. The molecular weight excluding hydrogens is 892 g/mol. The van der Waals surface area contributed by atoms with Crippen molar-refractivity contribution in [1.82, 2.24) is 9.55 Å². The minimum absolute atomic E-state index is 0. The Balaban J connectivity index is 0.00000469. The molecule has 0 aliphatic carbocycles. The molecule has 0 saturated heterocycles. The van der Waals surface area contributed by atoms with Crippen LogP contribution in [0.4, 0.5) is 22.7 Å². The number of aryl methyl sites for hydroxylation is 2. The molecule has 2 aromatic heterocycles. The number of hydrogen-bond donors (Lipinski definition) is 0. The van der Waals surface area contributed by atoms with E-state index in [-0.39, 0.29) is 31.9 Å². The summed E-state index contributed by atoms with van der Waals surface area (Å²) in [6.07, 6.45) is 1.92. The number of fused-ring (bicyclic) bond motifs is 4. The van der Waals surface area contributed by atoms with Crippen molar-refractivity contribution in [3.05, 3.63) is 175 Å². The second-order valence-corrected chi connectivity index (χ2v) is 17.2. The summed E-state index contributed by atoms with van der Waals surface area (Å²) in [5.74, 6) is 2.08. The zero-order valence-electron chi connectivity index (χ0n) is 34.3. The molecule has 6 aromatic carbocycles. The molecule has 1 aliphatic heterocycles. The number of pyridine rings is 1. The summed E-state index contributed by atoms with van der Waals surface area (Å²) in [7, 11) is 0. The van der Waals surface area contributed by atoms with Crippen LogP contribution in [-0.2, 0) is 31.9 Å². The molecule has 0 bridgehead atoms. The van der Waals surface area contributed by atoms with Gasteiger partial charge in [0, 0.05) is 61.3 Å². The molecule has 8 aromatic rings. The van der Waals surface area contributed by atoms with Gasteiger partial charge in [0.05, 0.1) is 0 Å². The summed E-state index contributed by atoms with van der Waals surface area (Å²) in [5, 5.41) is 2.33. The summed E-state index contributed by atoms with van der Waals surface area (Å²) >= 11 is 0. The Morgan fingerprint density at radius 2 is 1.33 bits per heavy atom. The van der Waals surface area contributed by atoms with Crippen molar-refractivity contribution in [1.29, 1.82) is 0 Å². The SMILES string of the molecule is Cc1cccc(C)c1-c1cccc(N2[CH-]N(c3[c-]c(Oc4[c-]c5c(cc4)c4c(C(C)(C)C)cccc4n5-c4cc(C(C)(C)C)ccn4)ccc3)c3ccccc32)c1.[Pt]. The van der Waals surface area contributed by atoms with Crippen LogP contribution in [0.5, 0.6) is 11.5 Å². The monoisotopic (exact) mass is 938 g/mol. The van der Waals surface area contributed by atoms with E-state index in [2.05, 4.69) is 198 Å². The molecule has 0 N–H and O–H groups in total. The van der Waals surface area contributed by atoms with Crippen molar-refractivity contribution in [2.75, 3.05) is 9.80 Å². The molecule has 0 spiro atoms. The van der Waals surface area contributed by atoms with Gasteiger partial charge in [0.1, 0.15) is 5.82 Å². The molecule has 58 heavy (non-hydrogen) atoms. The first-order valence-corrected chi connectivity index (χ1v) is 19.7. The van der Waals surface area contributed by atoms with Gasteiger partial charge in [-0.1, -0.05) is 102 Å². The van der Waals surface area contributed by atoms with E-state index in [9.17, 15) is 0 Å². The Morgan fingerprint density at radius 3 is 2.07 bits per heavy atom. The fourth-order valence-electron chi connectivity index (χ4n) is 8.25. The third kappa shape index (κ3) is 7.00. The maximum atomic E-state index is 6.64. The average Bonchev–Trinajstić information content (AvgIpc) is 3.74. The van der Waals surface area contributed by atoms with Crippen LogP contribution in [0.1, 0.15) is 63.8 Å². The number of aromatic nitrogens is 2. The van der Waals surface area contributed by atoms with Crippen LogP contribution in [0.2, 0.25) is 0 Å². The predicted octanol–water partition coefficient (Wildman–Crippen LogP) is 13.9. The molecule has 0 saturated carbocycles. The topological polar surface area (TPSA) is 33.5 Å². The van der Waals surface area contributed by atoms with E-state index in [1.807, 2.05) is 24.4 Å². The van der Waals surface area contributed by atoms with Crippen LogP contribution in [0, 0.1) is 32.6 Å². The zero-order chi connectivity index (χ0) is 39.6. The first-order valence-electron chi connectivity index (χ1n) is 19.7. The number of ether oxygens (including phenoxy) is 1. The van der Waals surface area contributed by atoms with Crippen LogP contribution in [-0.4, -0.2) is 9.55 Å². The Bertz CT molecular complexity index is 2800. The normalized spacial score (nSPS) is 12.9. The minimum atomic E-state index is -0.0621. The van der Waals surface area contributed by atoms with Gasteiger partial charge >= 0.3 is 0 Å². The first-order chi connectivity index (χ1) is 27.3. The van der Waals surface area contributed by atoms with E-state index >= 15 is 0 Å². The van der Waals surface area contributed by atoms with Gasteiger partial charge in [-0.2, -0.15) is 12.1 Å². The number of rotatable bonds is 6. The maximum Gasteiger partial charge on any atom is 0.135 e. The Labute approximate surface area is 357 Å². The number of nitrogens with zero attached hydrogens (tertiary/aromatic N) is 4.